The molecule has 0 saturated carbocycles. The van der Waals surface area contributed by atoms with Gasteiger partial charge in [-0.1, -0.05) is 18.2 Å². The van der Waals surface area contributed by atoms with Gasteiger partial charge in [0.15, 0.2) is 0 Å². The van der Waals surface area contributed by atoms with E-state index in [2.05, 4.69) is 34.6 Å². The van der Waals surface area contributed by atoms with E-state index in [1.165, 1.54) is 4.90 Å². The third kappa shape index (κ3) is 4.15. The van der Waals surface area contributed by atoms with Gasteiger partial charge >= 0.3 is 0 Å². The van der Waals surface area contributed by atoms with E-state index >= 15 is 0 Å². The summed E-state index contributed by atoms with van der Waals surface area (Å²) in [6.45, 7) is 2.02. The van der Waals surface area contributed by atoms with Crippen molar-refractivity contribution in [3.05, 3.63) is 46.4 Å². The third-order valence-electron chi connectivity index (χ3n) is 2.31. The third-order valence-corrected chi connectivity index (χ3v) is 4.50. The molecule has 1 heterocycles. The normalized spacial score (nSPS) is 12.6. The fourth-order valence-corrected chi connectivity index (χ4v) is 3.24. The van der Waals surface area contributed by atoms with E-state index in [0.29, 0.717) is 0 Å². The molecule has 0 radical (unpaired) electrons. The molecule has 1 unspecified atom stereocenters. The molecule has 0 aliphatic carbocycles. The lowest BCUT2D eigenvalue weighted by Gasteiger charge is -2.09. The molecule has 1 aromatic heterocycles. The van der Waals surface area contributed by atoms with Gasteiger partial charge in [-0.3, -0.25) is 0 Å². The van der Waals surface area contributed by atoms with Crippen LogP contribution in [0.5, 0.6) is 0 Å². The van der Waals surface area contributed by atoms with Crippen molar-refractivity contribution in [2.45, 2.75) is 24.3 Å². The first-order valence-corrected chi connectivity index (χ1v) is 7.45. The van der Waals surface area contributed by atoms with Crippen LogP contribution in [-0.4, -0.2) is 16.8 Å². The highest BCUT2D eigenvalue weighted by atomic mass is 32.2. The number of nitrogens with zero attached hydrogens (tertiary/aromatic N) is 1. The molecule has 2 aromatic rings. The zero-order valence-corrected chi connectivity index (χ0v) is 11.4. The summed E-state index contributed by atoms with van der Waals surface area (Å²) < 4.78 is 0. The lowest BCUT2D eigenvalue weighted by atomic mass is 10.3. The van der Waals surface area contributed by atoms with Crippen molar-refractivity contribution in [2.75, 3.05) is 5.75 Å². The fraction of sp³-hybridized carbons (Fsp3) is 0.308. The molecule has 90 valence electrons. The van der Waals surface area contributed by atoms with Crippen molar-refractivity contribution in [2.24, 2.45) is 5.73 Å². The van der Waals surface area contributed by atoms with E-state index in [1.807, 2.05) is 13.0 Å². The van der Waals surface area contributed by atoms with Crippen molar-refractivity contribution < 1.29 is 0 Å². The van der Waals surface area contributed by atoms with Crippen LogP contribution in [0.4, 0.5) is 0 Å². The highest BCUT2D eigenvalue weighted by molar-refractivity contribution is 7.99. The van der Waals surface area contributed by atoms with Crippen LogP contribution in [0, 0.1) is 6.92 Å². The van der Waals surface area contributed by atoms with E-state index in [9.17, 15) is 0 Å². The maximum atomic E-state index is 6.11. The molecule has 17 heavy (non-hydrogen) atoms. The molecule has 0 aliphatic heterocycles. The van der Waals surface area contributed by atoms with Gasteiger partial charge in [-0.05, 0) is 19.1 Å². The number of aryl methyl sites for hydroxylation is 1. The summed E-state index contributed by atoms with van der Waals surface area (Å²) in [5.41, 5.74) is 7.20. The van der Waals surface area contributed by atoms with E-state index < -0.39 is 0 Å². The molecule has 0 fully saturated rings. The van der Waals surface area contributed by atoms with Gasteiger partial charge in [-0.25, -0.2) is 4.98 Å². The second-order valence-electron chi connectivity index (χ2n) is 3.97. The molecule has 1 aromatic carbocycles. The molecule has 0 amide bonds. The van der Waals surface area contributed by atoms with Crippen LogP contribution in [0.15, 0.2) is 40.6 Å². The number of aromatic nitrogens is 1. The Bertz CT molecular complexity index is 453. The minimum Gasteiger partial charge on any atom is -0.327 e. The van der Waals surface area contributed by atoms with Crippen LogP contribution in [0.3, 0.4) is 0 Å². The van der Waals surface area contributed by atoms with Crippen LogP contribution in [0.1, 0.15) is 10.7 Å². The van der Waals surface area contributed by atoms with Crippen molar-refractivity contribution in [3.63, 3.8) is 0 Å². The van der Waals surface area contributed by atoms with Gasteiger partial charge < -0.3 is 5.73 Å². The monoisotopic (exact) mass is 264 g/mol. The molecule has 2 nitrogen and oxygen atoms in total. The van der Waals surface area contributed by atoms with Crippen LogP contribution in [0.25, 0.3) is 0 Å². The zero-order valence-electron chi connectivity index (χ0n) is 9.80. The number of nitrogens with two attached hydrogens (primary N) is 1. The Hall–Kier alpha value is -0.840. The van der Waals surface area contributed by atoms with Crippen LogP contribution < -0.4 is 5.73 Å². The van der Waals surface area contributed by atoms with Gasteiger partial charge in [0.25, 0.3) is 0 Å². The SMILES string of the molecule is Cc1csc(CC(N)CSc2ccccc2)n1. The fourth-order valence-electron chi connectivity index (χ4n) is 1.50. The van der Waals surface area contributed by atoms with Gasteiger partial charge in [-0.2, -0.15) is 0 Å². The number of benzene rings is 1. The van der Waals surface area contributed by atoms with E-state index in [1.54, 1.807) is 23.1 Å². The molecule has 1 atom stereocenters. The molecular formula is C13H16N2S2. The predicted molar refractivity (Wildman–Crippen MR) is 75.7 cm³/mol. The molecule has 0 bridgehead atoms. The van der Waals surface area contributed by atoms with E-state index in [-0.39, 0.29) is 6.04 Å². The Labute approximate surface area is 110 Å². The Morgan fingerprint density at radius 3 is 2.76 bits per heavy atom. The summed E-state index contributed by atoms with van der Waals surface area (Å²) >= 11 is 3.51. The first-order chi connectivity index (χ1) is 8.24. The molecule has 0 spiro atoms. The number of rotatable bonds is 5. The molecule has 0 aliphatic rings. The smallest absolute Gasteiger partial charge is 0.0943 e. The van der Waals surface area contributed by atoms with E-state index in [4.69, 9.17) is 5.73 Å². The number of thioether (sulfide) groups is 1. The van der Waals surface area contributed by atoms with Crippen molar-refractivity contribution in [1.29, 1.82) is 0 Å². The molecule has 2 rings (SSSR count). The van der Waals surface area contributed by atoms with Crippen molar-refractivity contribution in [1.82, 2.24) is 4.98 Å². The summed E-state index contributed by atoms with van der Waals surface area (Å²) in [6, 6.07) is 10.5. The Balaban J connectivity index is 1.80. The Morgan fingerprint density at radius 1 is 1.35 bits per heavy atom. The topological polar surface area (TPSA) is 38.9 Å². The second-order valence-corrected chi connectivity index (χ2v) is 6.01. The van der Waals surface area contributed by atoms with E-state index in [0.717, 1.165) is 22.9 Å². The molecule has 2 N–H and O–H groups in total. The van der Waals surface area contributed by atoms with Gasteiger partial charge in [0.05, 0.1) is 5.01 Å². The van der Waals surface area contributed by atoms with Gasteiger partial charge in [0.1, 0.15) is 0 Å². The summed E-state index contributed by atoms with van der Waals surface area (Å²) in [6.07, 6.45) is 0.873. The minimum atomic E-state index is 0.172. The average Bonchev–Trinajstić information content (AvgIpc) is 2.73. The average molecular weight is 264 g/mol. The summed E-state index contributed by atoms with van der Waals surface area (Å²) in [5, 5.41) is 3.22. The summed E-state index contributed by atoms with van der Waals surface area (Å²) in [7, 11) is 0. The molecule has 4 heteroatoms. The highest BCUT2D eigenvalue weighted by Gasteiger charge is 2.07. The van der Waals surface area contributed by atoms with Gasteiger partial charge in [0.2, 0.25) is 0 Å². The van der Waals surface area contributed by atoms with Crippen LogP contribution in [-0.2, 0) is 6.42 Å². The summed E-state index contributed by atoms with van der Waals surface area (Å²) in [4.78, 5) is 5.71. The zero-order chi connectivity index (χ0) is 12.1. The van der Waals surface area contributed by atoms with Crippen molar-refractivity contribution >= 4 is 23.1 Å². The maximum Gasteiger partial charge on any atom is 0.0943 e. The van der Waals surface area contributed by atoms with Crippen LogP contribution in [0.2, 0.25) is 0 Å². The lowest BCUT2D eigenvalue weighted by molar-refractivity contribution is 0.743. The standard InChI is InChI=1S/C13H16N2S2/c1-10-8-17-13(15-10)7-11(14)9-16-12-5-3-2-4-6-12/h2-6,8,11H,7,9,14H2,1H3. The second kappa shape index (κ2) is 6.19. The number of hydrogen-bond donors (Lipinski definition) is 1. The first kappa shape index (κ1) is 12.6. The van der Waals surface area contributed by atoms with Gasteiger partial charge in [-0.15, -0.1) is 23.1 Å². The Kier molecular flexibility index (Phi) is 4.59. The maximum absolute atomic E-state index is 6.11. The number of thiazole rings is 1. The van der Waals surface area contributed by atoms with Crippen LogP contribution >= 0.6 is 23.1 Å². The quantitative estimate of drug-likeness (QED) is 0.843. The lowest BCUT2D eigenvalue weighted by Crippen LogP contribution is -2.25. The number of hydrogen-bond acceptors (Lipinski definition) is 4. The minimum absolute atomic E-state index is 0.172. The molecule has 0 saturated heterocycles. The van der Waals surface area contributed by atoms with Crippen molar-refractivity contribution in [3.8, 4) is 0 Å². The predicted octanol–water partition coefficient (Wildman–Crippen LogP) is 3.11. The van der Waals surface area contributed by atoms with Gasteiger partial charge in [0, 0.05) is 34.2 Å². The first-order valence-electron chi connectivity index (χ1n) is 5.58. The largest absolute Gasteiger partial charge is 0.327 e. The summed E-state index contributed by atoms with van der Waals surface area (Å²) in [5.74, 6) is 0.933. The Morgan fingerprint density at radius 2 is 2.12 bits per heavy atom. The molecular weight excluding hydrogens is 248 g/mol. The highest BCUT2D eigenvalue weighted by Crippen LogP contribution is 2.19.